The van der Waals surface area contributed by atoms with Crippen LogP contribution in [-0.2, 0) is 4.79 Å². The van der Waals surface area contributed by atoms with Crippen molar-refractivity contribution < 1.29 is 9.53 Å². The van der Waals surface area contributed by atoms with E-state index in [-0.39, 0.29) is 5.91 Å². The maximum Gasteiger partial charge on any atom is 0.263 e. The molecule has 1 aliphatic rings. The second-order valence-electron chi connectivity index (χ2n) is 7.15. The minimum Gasteiger partial charge on any atom is -0.481 e. The average molecular weight is 381 g/mol. The van der Waals surface area contributed by atoms with Crippen molar-refractivity contribution in [1.82, 2.24) is 9.88 Å². The molecule has 1 fully saturated rings. The molecule has 4 rings (SSSR count). The SMILES string of the molecule is Cc1cscc1-c1ccnc2cc(OC(C)C(=O)N3CCCCC3)ccc12. The lowest BCUT2D eigenvalue weighted by Gasteiger charge is -2.29. The average Bonchev–Trinajstić information content (AvgIpc) is 3.13. The zero-order valence-corrected chi connectivity index (χ0v) is 16.6. The number of piperidine rings is 1. The summed E-state index contributed by atoms with van der Waals surface area (Å²) in [5, 5.41) is 5.43. The summed E-state index contributed by atoms with van der Waals surface area (Å²) in [5.74, 6) is 0.762. The zero-order valence-electron chi connectivity index (χ0n) is 15.8. The molecule has 2 aromatic heterocycles. The van der Waals surface area contributed by atoms with Gasteiger partial charge in [-0.15, -0.1) is 0 Å². The van der Waals surface area contributed by atoms with Crippen LogP contribution < -0.4 is 4.74 Å². The van der Waals surface area contributed by atoms with E-state index in [0.29, 0.717) is 5.75 Å². The lowest BCUT2D eigenvalue weighted by Crippen LogP contribution is -2.43. The van der Waals surface area contributed by atoms with Gasteiger partial charge in [-0.3, -0.25) is 9.78 Å². The molecule has 0 saturated carbocycles. The zero-order chi connectivity index (χ0) is 18.8. The molecule has 1 amide bonds. The Bertz CT molecular complexity index is 960. The molecule has 140 valence electrons. The number of fused-ring (bicyclic) bond motifs is 1. The van der Waals surface area contributed by atoms with Gasteiger partial charge in [-0.2, -0.15) is 11.3 Å². The summed E-state index contributed by atoms with van der Waals surface area (Å²) < 4.78 is 5.96. The second-order valence-corrected chi connectivity index (χ2v) is 7.90. The molecular weight excluding hydrogens is 356 g/mol. The van der Waals surface area contributed by atoms with Crippen LogP contribution in [0.5, 0.6) is 5.75 Å². The molecule has 1 aliphatic heterocycles. The third-order valence-corrected chi connectivity index (χ3v) is 6.05. The van der Waals surface area contributed by atoms with Crippen molar-refractivity contribution in [3.05, 3.63) is 46.8 Å². The van der Waals surface area contributed by atoms with Crippen molar-refractivity contribution >= 4 is 28.1 Å². The van der Waals surface area contributed by atoms with Crippen molar-refractivity contribution in [3.8, 4) is 16.9 Å². The summed E-state index contributed by atoms with van der Waals surface area (Å²) in [4.78, 5) is 19.0. The molecule has 1 atom stereocenters. The Morgan fingerprint density at radius 1 is 1.15 bits per heavy atom. The van der Waals surface area contributed by atoms with Crippen LogP contribution in [0.3, 0.4) is 0 Å². The van der Waals surface area contributed by atoms with Crippen LogP contribution >= 0.6 is 11.3 Å². The molecule has 0 N–H and O–H groups in total. The number of carbonyl (C=O) groups excluding carboxylic acids is 1. The van der Waals surface area contributed by atoms with Crippen LogP contribution in [0.2, 0.25) is 0 Å². The number of ether oxygens (including phenoxy) is 1. The number of aryl methyl sites for hydroxylation is 1. The van der Waals surface area contributed by atoms with Crippen LogP contribution in [0.4, 0.5) is 0 Å². The Morgan fingerprint density at radius 2 is 1.96 bits per heavy atom. The van der Waals surface area contributed by atoms with Gasteiger partial charge in [0.1, 0.15) is 5.75 Å². The Balaban J connectivity index is 1.57. The van der Waals surface area contributed by atoms with E-state index in [4.69, 9.17) is 4.74 Å². The highest BCUT2D eigenvalue weighted by Crippen LogP contribution is 2.33. The third kappa shape index (κ3) is 3.69. The fourth-order valence-corrected chi connectivity index (χ4v) is 4.55. The van der Waals surface area contributed by atoms with Gasteiger partial charge in [-0.25, -0.2) is 0 Å². The molecule has 5 heteroatoms. The van der Waals surface area contributed by atoms with Crippen LogP contribution in [0.1, 0.15) is 31.7 Å². The molecule has 0 spiro atoms. The summed E-state index contributed by atoms with van der Waals surface area (Å²) in [6.07, 6.45) is 4.73. The first-order chi connectivity index (χ1) is 13.1. The first-order valence-corrected chi connectivity index (χ1v) is 10.4. The van der Waals surface area contributed by atoms with Gasteiger partial charge in [0.2, 0.25) is 0 Å². The van der Waals surface area contributed by atoms with E-state index < -0.39 is 6.10 Å². The molecule has 1 saturated heterocycles. The molecule has 4 nitrogen and oxygen atoms in total. The van der Waals surface area contributed by atoms with Gasteiger partial charge in [-0.05, 0) is 78.8 Å². The van der Waals surface area contributed by atoms with Crippen molar-refractivity contribution in [2.75, 3.05) is 13.1 Å². The molecule has 27 heavy (non-hydrogen) atoms. The smallest absolute Gasteiger partial charge is 0.263 e. The van der Waals surface area contributed by atoms with Gasteiger partial charge in [0.15, 0.2) is 6.10 Å². The molecule has 3 heterocycles. The Morgan fingerprint density at radius 3 is 2.70 bits per heavy atom. The minimum absolute atomic E-state index is 0.0744. The lowest BCUT2D eigenvalue weighted by atomic mass is 10.0. The van der Waals surface area contributed by atoms with Gasteiger partial charge in [0, 0.05) is 30.7 Å². The normalized spacial score (nSPS) is 15.7. The van der Waals surface area contributed by atoms with Crippen molar-refractivity contribution in [3.63, 3.8) is 0 Å². The number of carbonyl (C=O) groups is 1. The highest BCUT2D eigenvalue weighted by molar-refractivity contribution is 7.08. The highest BCUT2D eigenvalue weighted by Gasteiger charge is 2.23. The number of likely N-dealkylation sites (tertiary alicyclic amines) is 1. The molecule has 0 bridgehead atoms. The quantitative estimate of drug-likeness (QED) is 0.636. The van der Waals surface area contributed by atoms with Crippen LogP contribution in [0, 0.1) is 6.92 Å². The Labute approximate surface area is 163 Å². The van der Waals surface area contributed by atoms with Crippen LogP contribution in [0.15, 0.2) is 41.2 Å². The number of benzene rings is 1. The first-order valence-electron chi connectivity index (χ1n) is 9.51. The molecule has 1 unspecified atom stereocenters. The van der Waals surface area contributed by atoms with E-state index in [1.165, 1.54) is 23.1 Å². The van der Waals surface area contributed by atoms with E-state index in [2.05, 4.69) is 28.7 Å². The van der Waals surface area contributed by atoms with Gasteiger partial charge in [0.05, 0.1) is 5.52 Å². The Kier molecular flexibility index (Phi) is 5.12. The van der Waals surface area contributed by atoms with Crippen LogP contribution in [0.25, 0.3) is 22.0 Å². The fourth-order valence-electron chi connectivity index (χ4n) is 3.70. The summed E-state index contributed by atoms with van der Waals surface area (Å²) in [6.45, 7) is 5.65. The predicted molar refractivity (Wildman–Crippen MR) is 110 cm³/mol. The number of hydrogen-bond acceptors (Lipinski definition) is 4. The first kappa shape index (κ1) is 18.0. The van der Waals surface area contributed by atoms with Crippen molar-refractivity contribution in [1.29, 1.82) is 0 Å². The summed E-state index contributed by atoms with van der Waals surface area (Å²) in [5.41, 5.74) is 4.58. The van der Waals surface area contributed by atoms with E-state index in [1.54, 1.807) is 11.3 Å². The van der Waals surface area contributed by atoms with E-state index in [9.17, 15) is 4.79 Å². The topological polar surface area (TPSA) is 42.4 Å². The predicted octanol–water partition coefficient (Wildman–Crippen LogP) is 5.05. The summed E-state index contributed by atoms with van der Waals surface area (Å²) in [6, 6.07) is 7.97. The van der Waals surface area contributed by atoms with Crippen LogP contribution in [-0.4, -0.2) is 35.0 Å². The number of aromatic nitrogens is 1. The number of amides is 1. The molecule has 3 aromatic rings. The fraction of sp³-hybridized carbons (Fsp3) is 0.364. The maximum absolute atomic E-state index is 12.6. The highest BCUT2D eigenvalue weighted by atomic mass is 32.1. The Hall–Kier alpha value is -2.40. The van der Waals surface area contributed by atoms with E-state index in [1.807, 2.05) is 36.2 Å². The molecule has 1 aromatic carbocycles. The monoisotopic (exact) mass is 380 g/mol. The number of hydrogen-bond donors (Lipinski definition) is 0. The summed E-state index contributed by atoms with van der Waals surface area (Å²) in [7, 11) is 0. The van der Waals surface area contributed by atoms with Crippen molar-refractivity contribution in [2.24, 2.45) is 0 Å². The van der Waals surface area contributed by atoms with Gasteiger partial charge in [0.25, 0.3) is 5.91 Å². The molecule has 0 aliphatic carbocycles. The maximum atomic E-state index is 12.6. The van der Waals surface area contributed by atoms with Gasteiger partial charge in [-0.1, -0.05) is 0 Å². The lowest BCUT2D eigenvalue weighted by molar-refractivity contribution is -0.138. The standard InChI is InChI=1S/C22H24N2O2S/c1-15-13-27-14-20(15)18-8-9-23-21-12-17(6-7-19(18)21)26-16(2)22(25)24-10-4-3-5-11-24/h6-9,12-14,16H,3-5,10-11H2,1-2H3. The molecule has 0 radical (unpaired) electrons. The number of rotatable bonds is 4. The van der Waals surface area contributed by atoms with Gasteiger partial charge < -0.3 is 9.64 Å². The molecular formula is C22H24N2O2S. The third-order valence-electron chi connectivity index (χ3n) is 5.19. The minimum atomic E-state index is -0.483. The second kappa shape index (κ2) is 7.69. The largest absolute Gasteiger partial charge is 0.481 e. The number of pyridine rings is 1. The summed E-state index contributed by atoms with van der Waals surface area (Å²) >= 11 is 1.71. The van der Waals surface area contributed by atoms with Gasteiger partial charge >= 0.3 is 0 Å². The van der Waals surface area contributed by atoms with Crippen molar-refractivity contribution in [2.45, 2.75) is 39.2 Å². The number of nitrogens with zero attached hydrogens (tertiary/aromatic N) is 2. The number of thiophene rings is 1. The van der Waals surface area contributed by atoms with E-state index in [0.717, 1.165) is 36.8 Å². The van der Waals surface area contributed by atoms with E-state index >= 15 is 0 Å².